The smallest absolute Gasteiger partial charge is 0.164 e. The molecular formula is C45H23N3O4. The van der Waals surface area contributed by atoms with Crippen LogP contribution in [0.5, 0.6) is 0 Å². The summed E-state index contributed by atoms with van der Waals surface area (Å²) in [5.74, 6) is 1.69. The number of nitrogens with zero attached hydrogens (tertiary/aromatic N) is 3. The molecule has 0 aliphatic heterocycles. The van der Waals surface area contributed by atoms with E-state index < -0.39 is 0 Å². The summed E-state index contributed by atoms with van der Waals surface area (Å²) in [5, 5.41) is 8.11. The third kappa shape index (κ3) is 3.98. The zero-order valence-corrected chi connectivity index (χ0v) is 27.3. The first-order valence-corrected chi connectivity index (χ1v) is 17.1. The molecule has 0 atom stereocenters. The quantitative estimate of drug-likeness (QED) is 0.185. The first-order chi connectivity index (χ1) is 25.7. The van der Waals surface area contributed by atoms with Crippen molar-refractivity contribution in [3.05, 3.63) is 140 Å². The van der Waals surface area contributed by atoms with Gasteiger partial charge in [-0.05, 0) is 66.7 Å². The fourth-order valence-corrected chi connectivity index (χ4v) is 7.62. The van der Waals surface area contributed by atoms with Gasteiger partial charge in [-0.1, -0.05) is 72.8 Å². The fraction of sp³-hybridized carbons (Fsp3) is 0. The van der Waals surface area contributed by atoms with E-state index in [1.165, 1.54) is 0 Å². The summed E-state index contributed by atoms with van der Waals surface area (Å²) in [6.07, 6.45) is 0. The van der Waals surface area contributed by atoms with Gasteiger partial charge < -0.3 is 17.7 Å². The van der Waals surface area contributed by atoms with E-state index in [9.17, 15) is 0 Å². The lowest BCUT2D eigenvalue weighted by molar-refractivity contribution is 0.664. The molecule has 0 radical (unpaired) electrons. The van der Waals surface area contributed by atoms with Gasteiger partial charge in [0, 0.05) is 59.8 Å². The Morgan fingerprint density at radius 1 is 0.250 bits per heavy atom. The van der Waals surface area contributed by atoms with Crippen molar-refractivity contribution in [1.82, 2.24) is 15.0 Å². The molecule has 0 saturated carbocycles. The monoisotopic (exact) mass is 669 g/mol. The van der Waals surface area contributed by atoms with Crippen LogP contribution in [0.1, 0.15) is 0 Å². The van der Waals surface area contributed by atoms with Crippen LogP contribution in [0, 0.1) is 0 Å². The first-order valence-electron chi connectivity index (χ1n) is 17.1. The van der Waals surface area contributed by atoms with Gasteiger partial charge in [0.2, 0.25) is 0 Å². The molecule has 242 valence electrons. The molecule has 5 heterocycles. The molecule has 0 saturated heterocycles. The van der Waals surface area contributed by atoms with Gasteiger partial charge in [-0.3, -0.25) is 0 Å². The minimum atomic E-state index is 0.548. The number of hydrogen-bond acceptors (Lipinski definition) is 7. The summed E-state index contributed by atoms with van der Waals surface area (Å²) < 4.78 is 25.2. The number of hydrogen-bond donors (Lipinski definition) is 0. The van der Waals surface area contributed by atoms with Crippen molar-refractivity contribution in [2.75, 3.05) is 0 Å². The van der Waals surface area contributed by atoms with Gasteiger partial charge in [0.05, 0.1) is 0 Å². The van der Waals surface area contributed by atoms with Crippen molar-refractivity contribution in [2.45, 2.75) is 0 Å². The van der Waals surface area contributed by atoms with E-state index in [-0.39, 0.29) is 0 Å². The van der Waals surface area contributed by atoms with Gasteiger partial charge in [-0.2, -0.15) is 0 Å². The fourth-order valence-electron chi connectivity index (χ4n) is 7.62. The molecule has 0 bridgehead atoms. The van der Waals surface area contributed by atoms with Crippen LogP contribution >= 0.6 is 0 Å². The molecule has 0 unspecified atom stereocenters. The molecular weight excluding hydrogens is 647 g/mol. The third-order valence-electron chi connectivity index (χ3n) is 10.1. The Labute approximate surface area is 293 Å². The highest BCUT2D eigenvalue weighted by Gasteiger charge is 2.19. The zero-order chi connectivity index (χ0) is 33.9. The maximum atomic E-state index is 6.47. The van der Waals surface area contributed by atoms with Crippen molar-refractivity contribution in [3.8, 4) is 34.2 Å². The molecule has 0 N–H and O–H groups in total. The Morgan fingerprint density at radius 3 is 1.23 bits per heavy atom. The Balaban J connectivity index is 1.02. The van der Waals surface area contributed by atoms with Crippen molar-refractivity contribution < 1.29 is 17.7 Å². The summed E-state index contributed by atoms with van der Waals surface area (Å²) in [6.45, 7) is 0. The minimum Gasteiger partial charge on any atom is -0.456 e. The molecule has 0 aliphatic rings. The molecule has 12 rings (SSSR count). The van der Waals surface area contributed by atoms with Gasteiger partial charge in [-0.15, -0.1) is 0 Å². The second-order valence-electron chi connectivity index (χ2n) is 13.2. The second-order valence-corrected chi connectivity index (χ2v) is 13.2. The molecule has 52 heavy (non-hydrogen) atoms. The summed E-state index contributed by atoms with van der Waals surface area (Å²) in [4.78, 5) is 15.0. The lowest BCUT2D eigenvalue weighted by atomic mass is 10.1. The lowest BCUT2D eigenvalue weighted by Gasteiger charge is -2.08. The van der Waals surface area contributed by atoms with Crippen molar-refractivity contribution in [2.24, 2.45) is 0 Å². The van der Waals surface area contributed by atoms with E-state index in [0.717, 1.165) is 104 Å². The average Bonchev–Trinajstić information content (AvgIpc) is 3.95. The number of fused-ring (bicyclic) bond motifs is 12. The molecule has 7 nitrogen and oxygen atoms in total. The molecule has 0 spiro atoms. The van der Waals surface area contributed by atoms with Crippen LogP contribution in [0.15, 0.2) is 157 Å². The standard InChI is InChI=1S/C45H23N3O4/c1-2-8-24(9-3-1)43-46-44(25-15-17-37-30(18-25)34-23-40-32(21-42(34)51-37)28-11-5-7-13-36(28)50-40)48-45(47-43)26-14-16-29-33-22-39-31(20-41(33)52-38(29)19-26)27-10-4-6-12-35(27)49-39/h1-23H. The summed E-state index contributed by atoms with van der Waals surface area (Å²) in [5.41, 5.74) is 9.06. The van der Waals surface area contributed by atoms with Crippen LogP contribution in [0.25, 0.3) is 122 Å². The second kappa shape index (κ2) is 10.2. The van der Waals surface area contributed by atoms with E-state index in [0.29, 0.717) is 17.5 Å². The third-order valence-corrected chi connectivity index (χ3v) is 10.1. The number of para-hydroxylation sites is 2. The largest absolute Gasteiger partial charge is 0.456 e. The number of furan rings is 4. The van der Waals surface area contributed by atoms with Gasteiger partial charge in [0.25, 0.3) is 0 Å². The molecule has 0 fully saturated rings. The topological polar surface area (TPSA) is 91.2 Å². The van der Waals surface area contributed by atoms with Crippen LogP contribution < -0.4 is 0 Å². The molecule has 5 aromatic heterocycles. The summed E-state index contributed by atoms with van der Waals surface area (Å²) in [6, 6.07) is 46.6. The van der Waals surface area contributed by atoms with Gasteiger partial charge in [0.1, 0.15) is 44.7 Å². The van der Waals surface area contributed by atoms with Crippen LogP contribution in [0.3, 0.4) is 0 Å². The molecule has 0 aliphatic carbocycles. The van der Waals surface area contributed by atoms with E-state index in [1.54, 1.807) is 0 Å². The van der Waals surface area contributed by atoms with E-state index in [2.05, 4.69) is 48.5 Å². The molecule has 0 amide bonds. The van der Waals surface area contributed by atoms with Gasteiger partial charge in [0.15, 0.2) is 17.5 Å². The maximum absolute atomic E-state index is 6.47. The summed E-state index contributed by atoms with van der Waals surface area (Å²) in [7, 11) is 0. The maximum Gasteiger partial charge on any atom is 0.164 e. The van der Waals surface area contributed by atoms with Crippen LogP contribution in [0.4, 0.5) is 0 Å². The SMILES string of the molecule is c1ccc(-c2nc(-c3ccc4c(c3)oc3cc5c(cc34)oc3ccccc35)nc(-c3ccc4oc5cc6c(cc5c4c3)oc3ccccc36)n2)cc1. The Kier molecular flexibility index (Phi) is 5.38. The van der Waals surface area contributed by atoms with E-state index in [4.69, 9.17) is 32.6 Å². The van der Waals surface area contributed by atoms with Gasteiger partial charge >= 0.3 is 0 Å². The van der Waals surface area contributed by atoms with Crippen LogP contribution in [-0.2, 0) is 0 Å². The number of benzene rings is 7. The Morgan fingerprint density at radius 2 is 0.635 bits per heavy atom. The molecule has 7 heteroatoms. The normalized spacial score (nSPS) is 12.2. The Bertz CT molecular complexity index is 3420. The van der Waals surface area contributed by atoms with Crippen molar-refractivity contribution in [1.29, 1.82) is 0 Å². The van der Waals surface area contributed by atoms with Crippen molar-refractivity contribution in [3.63, 3.8) is 0 Å². The van der Waals surface area contributed by atoms with E-state index in [1.807, 2.05) is 91.0 Å². The zero-order valence-electron chi connectivity index (χ0n) is 27.3. The highest BCUT2D eigenvalue weighted by molar-refractivity contribution is 6.16. The predicted octanol–water partition coefficient (Wildman–Crippen LogP) is 12.5. The molecule has 7 aromatic carbocycles. The number of rotatable bonds is 3. The minimum absolute atomic E-state index is 0.548. The number of aromatic nitrogens is 3. The highest BCUT2D eigenvalue weighted by Crippen LogP contribution is 2.40. The van der Waals surface area contributed by atoms with Crippen molar-refractivity contribution >= 4 is 87.8 Å². The van der Waals surface area contributed by atoms with E-state index >= 15 is 0 Å². The lowest BCUT2D eigenvalue weighted by Crippen LogP contribution is -2.00. The van der Waals surface area contributed by atoms with Crippen LogP contribution in [0.2, 0.25) is 0 Å². The average molecular weight is 670 g/mol. The molecule has 12 aromatic rings. The van der Waals surface area contributed by atoms with Crippen LogP contribution in [-0.4, -0.2) is 15.0 Å². The highest BCUT2D eigenvalue weighted by atomic mass is 16.3. The Hall–Kier alpha value is -7.25. The summed E-state index contributed by atoms with van der Waals surface area (Å²) >= 11 is 0. The predicted molar refractivity (Wildman–Crippen MR) is 205 cm³/mol. The van der Waals surface area contributed by atoms with Gasteiger partial charge in [-0.25, -0.2) is 15.0 Å². The first kappa shape index (κ1) is 27.6.